The minimum Gasteiger partial charge on any atom is -0.309 e. The number of nitrogens with zero attached hydrogens (tertiary/aromatic N) is 8. The number of rotatable bonds is 5. The maximum atomic E-state index is 11.0. The van der Waals surface area contributed by atoms with Gasteiger partial charge in [-0.05, 0) is 101 Å². The number of hydrogen-bond donors (Lipinski definition) is 0. The van der Waals surface area contributed by atoms with Gasteiger partial charge in [0.15, 0.2) is 11.4 Å². The normalized spacial score (nSPS) is 10.9. The van der Waals surface area contributed by atoms with Gasteiger partial charge in [-0.25, -0.2) is 9.69 Å². The third-order valence-electron chi connectivity index (χ3n) is 11.2. The Labute approximate surface area is 344 Å². The fourth-order valence-corrected chi connectivity index (χ4v) is 8.48. The maximum absolute atomic E-state index is 11.0. The van der Waals surface area contributed by atoms with Crippen molar-refractivity contribution in [2.24, 2.45) is 0 Å². The van der Waals surface area contributed by atoms with Crippen LogP contribution >= 0.6 is 0 Å². The molecule has 3 heterocycles. The molecule has 0 fully saturated rings. The van der Waals surface area contributed by atoms with Gasteiger partial charge in [0, 0.05) is 39.5 Å². The molecule has 0 atom stereocenters. The first-order valence-electron chi connectivity index (χ1n) is 18.9. The van der Waals surface area contributed by atoms with Crippen molar-refractivity contribution < 1.29 is 0 Å². The molecule has 0 radical (unpaired) electrons. The summed E-state index contributed by atoms with van der Waals surface area (Å²) >= 11 is 0. The summed E-state index contributed by atoms with van der Waals surface area (Å²) in [6, 6.07) is 53.9. The lowest BCUT2D eigenvalue weighted by Gasteiger charge is -2.19. The lowest BCUT2D eigenvalue weighted by atomic mass is 9.97. The zero-order chi connectivity index (χ0) is 40.9. The average molecular weight is 763 g/mol. The Bertz CT molecular complexity index is 3670. The van der Waals surface area contributed by atoms with Crippen LogP contribution in [0.25, 0.3) is 98.1 Å². The predicted molar refractivity (Wildman–Crippen MR) is 236 cm³/mol. The van der Waals surface area contributed by atoms with Crippen molar-refractivity contribution in [3.8, 4) is 63.0 Å². The van der Waals surface area contributed by atoms with Crippen LogP contribution in [0, 0.1) is 47.1 Å². The Balaban J connectivity index is 1.23. The fraction of sp³-hybridized carbons (Fsp3) is 0. The zero-order valence-corrected chi connectivity index (χ0v) is 31.6. The second kappa shape index (κ2) is 14.0. The van der Waals surface area contributed by atoms with E-state index in [1.807, 2.05) is 72.8 Å². The summed E-state index contributed by atoms with van der Waals surface area (Å²) < 4.78 is 4.34. The van der Waals surface area contributed by atoms with Crippen molar-refractivity contribution in [3.63, 3.8) is 0 Å². The summed E-state index contributed by atoms with van der Waals surface area (Å²) in [5, 5.41) is 34.5. The van der Waals surface area contributed by atoms with Crippen LogP contribution in [0.3, 0.4) is 0 Å². The van der Waals surface area contributed by atoms with Crippen molar-refractivity contribution >= 4 is 55.0 Å². The van der Waals surface area contributed by atoms with Crippen LogP contribution in [-0.2, 0) is 0 Å². The molecule has 0 saturated carbocycles. The summed E-state index contributed by atoms with van der Waals surface area (Å²) in [7, 11) is 0. The third kappa shape index (κ3) is 5.45. The average Bonchev–Trinajstić information content (AvgIpc) is 3.82. The molecule has 0 amide bonds. The van der Waals surface area contributed by atoms with E-state index in [1.165, 1.54) is 0 Å². The summed E-state index contributed by atoms with van der Waals surface area (Å²) in [5.74, 6) is 0. The molecule has 10 rings (SSSR count). The van der Waals surface area contributed by atoms with Crippen LogP contribution in [-0.4, -0.2) is 14.1 Å². The minimum atomic E-state index is 0.415. The van der Waals surface area contributed by atoms with E-state index in [0.717, 1.165) is 82.7 Å². The van der Waals surface area contributed by atoms with Gasteiger partial charge < -0.3 is 9.13 Å². The van der Waals surface area contributed by atoms with E-state index in [-0.39, 0.29) is 0 Å². The number of benzene rings is 7. The van der Waals surface area contributed by atoms with Crippen LogP contribution in [0.5, 0.6) is 0 Å². The van der Waals surface area contributed by atoms with Gasteiger partial charge in [0.1, 0.15) is 6.07 Å². The van der Waals surface area contributed by atoms with Crippen LogP contribution < -0.4 is 0 Å². The lowest BCUT2D eigenvalue weighted by molar-refractivity contribution is 1.13. The molecule has 0 aliphatic heterocycles. The van der Waals surface area contributed by atoms with Crippen molar-refractivity contribution in [2.75, 3.05) is 0 Å². The first-order valence-corrected chi connectivity index (χ1v) is 18.9. The number of nitriles is 3. The molecule has 3 aromatic heterocycles. The SMILES string of the molecule is [C-]#[N+]c1ccc(-c2ccc3c(c2)c2ccccc2n3-c2cc(-c3ccncc3)c(-n3c4ccccc4c4cc(-c5ccc(C#N)cc5C#N)ccc43)cc2C#N)c([N+]#[C-])c1. The molecule has 0 saturated heterocycles. The Morgan fingerprint density at radius 1 is 0.450 bits per heavy atom. The lowest BCUT2D eigenvalue weighted by Crippen LogP contribution is -2.04. The van der Waals surface area contributed by atoms with Gasteiger partial charge in [0.25, 0.3) is 0 Å². The van der Waals surface area contributed by atoms with Crippen LogP contribution in [0.2, 0.25) is 0 Å². The summed E-state index contributed by atoms with van der Waals surface area (Å²) in [6.07, 6.45) is 3.53. The largest absolute Gasteiger partial charge is 0.309 e. The maximum Gasteiger partial charge on any atom is 0.184 e. The Morgan fingerprint density at radius 3 is 1.67 bits per heavy atom. The molecule has 274 valence electrons. The molecule has 8 nitrogen and oxygen atoms in total. The molecule has 60 heavy (non-hydrogen) atoms. The molecule has 0 N–H and O–H groups in total. The topological polar surface area (TPSA) is 103 Å². The van der Waals surface area contributed by atoms with Gasteiger partial charge in [-0.2, -0.15) is 15.8 Å². The van der Waals surface area contributed by atoms with E-state index >= 15 is 0 Å². The highest BCUT2D eigenvalue weighted by Crippen LogP contribution is 2.43. The monoisotopic (exact) mass is 762 g/mol. The highest BCUT2D eigenvalue weighted by Gasteiger charge is 2.23. The summed E-state index contributed by atoms with van der Waals surface area (Å²) in [6.45, 7) is 15.3. The van der Waals surface area contributed by atoms with Crippen molar-refractivity contribution in [2.45, 2.75) is 0 Å². The molecule has 0 spiro atoms. The zero-order valence-electron chi connectivity index (χ0n) is 31.6. The van der Waals surface area contributed by atoms with E-state index in [4.69, 9.17) is 13.1 Å². The quantitative estimate of drug-likeness (QED) is 0.163. The van der Waals surface area contributed by atoms with Crippen LogP contribution in [0.15, 0.2) is 158 Å². The first kappa shape index (κ1) is 35.2. The van der Waals surface area contributed by atoms with Gasteiger partial charge in [0.05, 0.1) is 75.4 Å². The number of fused-ring (bicyclic) bond motifs is 6. The third-order valence-corrected chi connectivity index (χ3v) is 11.2. The Morgan fingerprint density at radius 2 is 1.05 bits per heavy atom. The standard InChI is InChI=1S/C52H26N8/c1-56-38-14-16-40(46(27-38)57-2)35-13-18-49-45(25-35)41-7-3-5-9-47(41)59(49)51-28-43(33-19-21-58-22-20-33)52(26-37(51)31-55)60-48-10-6-4-8-42(48)44-24-34(12-17-50(44)60)39-15-11-32(29-53)23-36(39)30-54/h3-28H. The minimum absolute atomic E-state index is 0.415. The molecule has 0 unspecified atom stereocenters. The molecular weight excluding hydrogens is 737 g/mol. The smallest absolute Gasteiger partial charge is 0.184 e. The molecule has 10 aromatic rings. The van der Waals surface area contributed by atoms with Crippen LogP contribution in [0.4, 0.5) is 11.4 Å². The van der Waals surface area contributed by atoms with Gasteiger partial charge in [-0.15, -0.1) is 0 Å². The molecule has 8 heteroatoms. The molecular formula is C52H26N8. The second-order valence-electron chi connectivity index (χ2n) is 14.3. The van der Waals surface area contributed by atoms with E-state index in [1.54, 1.807) is 36.7 Å². The summed E-state index contributed by atoms with van der Waals surface area (Å²) in [5.41, 5.74) is 12.4. The fourth-order valence-electron chi connectivity index (χ4n) is 8.48. The number of pyridine rings is 1. The van der Waals surface area contributed by atoms with Gasteiger partial charge in [-0.3, -0.25) is 4.98 Å². The summed E-state index contributed by atoms with van der Waals surface area (Å²) in [4.78, 5) is 11.6. The molecule has 0 aliphatic carbocycles. The first-order chi connectivity index (χ1) is 29.5. The van der Waals surface area contributed by atoms with Gasteiger partial charge >= 0.3 is 0 Å². The number of aromatic nitrogens is 3. The second-order valence-corrected chi connectivity index (χ2v) is 14.3. The van der Waals surface area contributed by atoms with Gasteiger partial charge in [-0.1, -0.05) is 72.8 Å². The highest BCUT2D eigenvalue weighted by atomic mass is 15.0. The van der Waals surface area contributed by atoms with E-state index in [2.05, 4.69) is 90.5 Å². The molecule has 7 aromatic carbocycles. The molecule has 0 aliphatic rings. The Kier molecular flexibility index (Phi) is 8.23. The van der Waals surface area contributed by atoms with Crippen molar-refractivity contribution in [1.82, 2.24) is 14.1 Å². The number of hydrogen-bond acceptors (Lipinski definition) is 4. The van der Waals surface area contributed by atoms with Crippen LogP contribution in [0.1, 0.15) is 16.7 Å². The van der Waals surface area contributed by atoms with E-state index in [9.17, 15) is 15.8 Å². The predicted octanol–water partition coefficient (Wildman–Crippen LogP) is 13.0. The molecule has 0 bridgehead atoms. The van der Waals surface area contributed by atoms with E-state index < -0.39 is 0 Å². The van der Waals surface area contributed by atoms with Crippen molar-refractivity contribution in [1.29, 1.82) is 15.8 Å². The Hall–Kier alpha value is -9.26. The number of para-hydroxylation sites is 2. The van der Waals surface area contributed by atoms with Gasteiger partial charge in [0.2, 0.25) is 0 Å². The highest BCUT2D eigenvalue weighted by molar-refractivity contribution is 6.13. The van der Waals surface area contributed by atoms with E-state index in [0.29, 0.717) is 33.8 Å². The van der Waals surface area contributed by atoms with Crippen molar-refractivity contribution in [3.05, 3.63) is 198 Å².